The second-order valence-corrected chi connectivity index (χ2v) is 11.9. The lowest BCUT2D eigenvalue weighted by molar-refractivity contribution is -0.132. The van der Waals surface area contributed by atoms with E-state index in [2.05, 4.69) is 27.1 Å². The molecule has 4 heterocycles. The SMILES string of the molecule is Cc1ccc(S(=O)(=O)n2ccc3c(N(C)[C@H]4CN(C(=O)Cc5nncs5)CC[C@H]4C)ncnc32)cc1. The number of aryl methyl sites for hydroxylation is 1. The number of carbonyl (C=O) groups excluding carboxylic acids is 1. The molecule has 2 atom stereocenters. The van der Waals surface area contributed by atoms with Crippen molar-refractivity contribution < 1.29 is 13.2 Å². The summed E-state index contributed by atoms with van der Waals surface area (Å²) in [6.45, 7) is 5.31. The highest BCUT2D eigenvalue weighted by atomic mass is 32.2. The first-order valence-electron chi connectivity index (χ1n) is 11.7. The van der Waals surface area contributed by atoms with Gasteiger partial charge < -0.3 is 9.80 Å². The normalized spacial score (nSPS) is 18.5. The lowest BCUT2D eigenvalue weighted by Gasteiger charge is -2.42. The molecule has 1 aliphatic rings. The Morgan fingerprint density at radius 2 is 1.97 bits per heavy atom. The zero-order chi connectivity index (χ0) is 25.4. The van der Waals surface area contributed by atoms with E-state index in [1.807, 2.05) is 23.8 Å². The van der Waals surface area contributed by atoms with E-state index >= 15 is 0 Å². The first-order chi connectivity index (χ1) is 17.3. The summed E-state index contributed by atoms with van der Waals surface area (Å²) < 4.78 is 27.9. The molecule has 0 aliphatic carbocycles. The third-order valence-corrected chi connectivity index (χ3v) is 9.19. The van der Waals surface area contributed by atoms with Crippen LogP contribution in [0, 0.1) is 12.8 Å². The first kappa shape index (κ1) is 24.3. The minimum Gasteiger partial charge on any atom is -0.354 e. The fourth-order valence-corrected chi connectivity index (χ4v) is 6.48. The van der Waals surface area contributed by atoms with Crippen LogP contribution in [0.1, 0.15) is 23.9 Å². The van der Waals surface area contributed by atoms with Crippen LogP contribution in [-0.4, -0.2) is 69.5 Å². The number of aromatic nitrogens is 5. The Morgan fingerprint density at radius 1 is 1.19 bits per heavy atom. The molecule has 36 heavy (non-hydrogen) atoms. The van der Waals surface area contributed by atoms with Gasteiger partial charge in [-0.25, -0.2) is 22.4 Å². The Hall–Kier alpha value is -3.38. The van der Waals surface area contributed by atoms with Crippen LogP contribution in [0.15, 0.2) is 53.3 Å². The number of benzene rings is 1. The molecular weight excluding hydrogens is 498 g/mol. The Morgan fingerprint density at radius 3 is 2.69 bits per heavy atom. The van der Waals surface area contributed by atoms with Crippen molar-refractivity contribution in [3.63, 3.8) is 0 Å². The number of rotatable bonds is 6. The van der Waals surface area contributed by atoms with Gasteiger partial charge in [0.15, 0.2) is 5.65 Å². The van der Waals surface area contributed by atoms with Gasteiger partial charge in [0.1, 0.15) is 22.7 Å². The highest BCUT2D eigenvalue weighted by Gasteiger charge is 2.33. The number of nitrogens with zero attached hydrogens (tertiary/aromatic N) is 7. The topological polar surface area (TPSA) is 114 Å². The van der Waals surface area contributed by atoms with E-state index in [1.54, 1.807) is 35.8 Å². The minimum atomic E-state index is -3.82. The van der Waals surface area contributed by atoms with Crippen molar-refractivity contribution in [2.24, 2.45) is 5.92 Å². The molecule has 0 N–H and O–H groups in total. The summed E-state index contributed by atoms with van der Waals surface area (Å²) in [5.74, 6) is 0.970. The number of fused-ring (bicyclic) bond motifs is 1. The average Bonchev–Trinajstić information content (AvgIpc) is 3.54. The molecule has 0 bridgehead atoms. The number of carbonyl (C=O) groups is 1. The largest absolute Gasteiger partial charge is 0.354 e. The zero-order valence-corrected chi connectivity index (χ0v) is 21.9. The molecule has 0 unspecified atom stereocenters. The molecule has 4 aromatic rings. The van der Waals surface area contributed by atoms with E-state index in [4.69, 9.17) is 0 Å². The summed E-state index contributed by atoms with van der Waals surface area (Å²) in [6.07, 6.45) is 4.01. The highest BCUT2D eigenvalue weighted by Crippen LogP contribution is 2.31. The number of piperidine rings is 1. The van der Waals surface area contributed by atoms with Crippen LogP contribution in [-0.2, 0) is 21.2 Å². The van der Waals surface area contributed by atoms with Gasteiger partial charge in [0.25, 0.3) is 10.0 Å². The molecule has 10 nitrogen and oxygen atoms in total. The molecule has 1 fully saturated rings. The van der Waals surface area contributed by atoms with E-state index in [9.17, 15) is 13.2 Å². The highest BCUT2D eigenvalue weighted by molar-refractivity contribution is 7.90. The van der Waals surface area contributed by atoms with Crippen LogP contribution in [0.2, 0.25) is 0 Å². The number of likely N-dealkylation sites (tertiary alicyclic amines) is 1. The van der Waals surface area contributed by atoms with Crippen molar-refractivity contribution in [2.75, 3.05) is 25.0 Å². The van der Waals surface area contributed by atoms with Gasteiger partial charge in [-0.2, -0.15) is 0 Å². The molecule has 5 rings (SSSR count). The van der Waals surface area contributed by atoms with Gasteiger partial charge in [-0.3, -0.25) is 4.79 Å². The maximum absolute atomic E-state index is 13.3. The van der Waals surface area contributed by atoms with E-state index in [0.717, 1.165) is 12.0 Å². The van der Waals surface area contributed by atoms with E-state index in [0.29, 0.717) is 40.9 Å². The molecule has 0 spiro atoms. The van der Waals surface area contributed by atoms with Gasteiger partial charge in [0, 0.05) is 26.3 Å². The van der Waals surface area contributed by atoms with Crippen molar-refractivity contribution in [2.45, 2.75) is 37.6 Å². The number of amides is 1. The fraction of sp³-hybridized carbons (Fsp3) is 0.375. The number of hydrogen-bond donors (Lipinski definition) is 0. The van der Waals surface area contributed by atoms with Crippen molar-refractivity contribution in [3.8, 4) is 0 Å². The molecule has 1 aromatic carbocycles. The van der Waals surface area contributed by atoms with Gasteiger partial charge in [0.05, 0.1) is 22.7 Å². The molecule has 0 saturated carbocycles. The summed E-state index contributed by atoms with van der Waals surface area (Å²) in [5.41, 5.74) is 2.93. The average molecular weight is 526 g/mol. The van der Waals surface area contributed by atoms with E-state index in [-0.39, 0.29) is 23.3 Å². The molecular formula is C24H27N7O3S2. The van der Waals surface area contributed by atoms with Crippen LogP contribution < -0.4 is 4.90 Å². The summed E-state index contributed by atoms with van der Waals surface area (Å²) in [6, 6.07) is 8.49. The van der Waals surface area contributed by atoms with E-state index < -0.39 is 10.0 Å². The molecule has 0 radical (unpaired) electrons. The first-order valence-corrected chi connectivity index (χ1v) is 14.0. The minimum absolute atomic E-state index is 0.00674. The third kappa shape index (κ3) is 4.46. The van der Waals surface area contributed by atoms with Gasteiger partial charge in [-0.1, -0.05) is 24.6 Å². The van der Waals surface area contributed by atoms with Crippen LogP contribution in [0.5, 0.6) is 0 Å². The molecule has 1 amide bonds. The van der Waals surface area contributed by atoms with Gasteiger partial charge >= 0.3 is 0 Å². The molecule has 12 heteroatoms. The maximum atomic E-state index is 13.3. The van der Waals surface area contributed by atoms with Gasteiger partial charge in [0.2, 0.25) is 5.91 Å². The fourth-order valence-electron chi connectivity index (χ4n) is 4.66. The van der Waals surface area contributed by atoms with Crippen LogP contribution in [0.3, 0.4) is 0 Å². The van der Waals surface area contributed by atoms with Crippen molar-refractivity contribution in [1.29, 1.82) is 0 Å². The Kier molecular flexibility index (Phi) is 6.47. The molecule has 3 aromatic heterocycles. The van der Waals surface area contributed by atoms with Crippen LogP contribution >= 0.6 is 11.3 Å². The second kappa shape index (κ2) is 9.58. The third-order valence-electron chi connectivity index (χ3n) is 6.82. The number of likely N-dealkylation sites (N-methyl/N-ethyl adjacent to an activating group) is 1. The standard InChI is InChI=1S/C24H27N7O3S2/c1-16-4-6-18(7-5-16)36(33,34)31-11-9-19-23(25-14-26-24(19)31)29(3)20-13-30(10-8-17(20)2)22(32)12-21-28-27-15-35-21/h4-7,9,11,14-15,17,20H,8,10,12-13H2,1-3H3/t17-,20+/m1/s1. The zero-order valence-electron chi connectivity index (χ0n) is 20.3. The maximum Gasteiger partial charge on any atom is 0.269 e. The van der Waals surface area contributed by atoms with Gasteiger partial charge in [-0.05, 0) is 37.5 Å². The Bertz CT molecular complexity index is 1480. The van der Waals surface area contributed by atoms with Gasteiger partial charge in [-0.15, -0.1) is 21.5 Å². The summed E-state index contributed by atoms with van der Waals surface area (Å²) in [4.78, 5) is 25.8. The summed E-state index contributed by atoms with van der Waals surface area (Å²) in [5, 5.41) is 9.15. The number of hydrogen-bond acceptors (Lipinski definition) is 9. The predicted molar refractivity (Wildman–Crippen MR) is 137 cm³/mol. The monoisotopic (exact) mass is 525 g/mol. The summed E-state index contributed by atoms with van der Waals surface area (Å²) in [7, 11) is -1.88. The van der Waals surface area contributed by atoms with Crippen molar-refractivity contribution in [3.05, 3.63) is 58.9 Å². The quantitative estimate of drug-likeness (QED) is 0.378. The molecule has 1 aliphatic heterocycles. The number of anilines is 1. The van der Waals surface area contributed by atoms with E-state index in [1.165, 1.54) is 27.8 Å². The van der Waals surface area contributed by atoms with Crippen molar-refractivity contribution >= 4 is 44.1 Å². The molecule has 188 valence electrons. The lowest BCUT2D eigenvalue weighted by Crippen LogP contribution is -2.53. The summed E-state index contributed by atoms with van der Waals surface area (Å²) >= 11 is 1.38. The smallest absolute Gasteiger partial charge is 0.269 e. The van der Waals surface area contributed by atoms with Crippen molar-refractivity contribution in [1.82, 2.24) is 29.0 Å². The predicted octanol–water partition coefficient (Wildman–Crippen LogP) is 2.74. The lowest BCUT2D eigenvalue weighted by atomic mass is 9.92. The molecule has 1 saturated heterocycles. The Balaban J connectivity index is 1.43. The Labute approximate surface area is 213 Å². The van der Waals surface area contributed by atoms with Crippen LogP contribution in [0.25, 0.3) is 11.0 Å². The van der Waals surface area contributed by atoms with Crippen LogP contribution in [0.4, 0.5) is 5.82 Å². The second-order valence-electron chi connectivity index (χ2n) is 9.16.